The average Bonchev–Trinajstić information content (AvgIpc) is 2.15. The van der Waals surface area contributed by atoms with Crippen LogP contribution in [0.15, 0.2) is 34.1 Å². The first kappa shape index (κ1) is 10.0. The largest absolute Gasteiger partial charge is 0.128 e. The van der Waals surface area contributed by atoms with Crippen molar-refractivity contribution in [1.29, 1.82) is 0 Å². The molecule has 0 N–H and O–H groups in total. The monoisotopic (exact) mass is 198 g/mol. The number of hydrogen-bond acceptors (Lipinski definition) is 2. The van der Waals surface area contributed by atoms with Crippen LogP contribution in [0.25, 0.3) is 0 Å². The molecule has 1 rings (SSSR count). The van der Waals surface area contributed by atoms with Gasteiger partial charge in [0.1, 0.15) is 0 Å². The van der Waals surface area contributed by atoms with Crippen molar-refractivity contribution in [2.45, 2.75) is 23.1 Å². The van der Waals surface area contributed by atoms with Crippen LogP contribution in [0.1, 0.15) is 13.3 Å². The quantitative estimate of drug-likeness (QED) is 0.673. The lowest BCUT2D eigenvalue weighted by atomic mass is 10.4. The molecule has 1 aromatic carbocycles. The summed E-state index contributed by atoms with van der Waals surface area (Å²) in [6.07, 6.45) is 3.37. The second-order valence-corrected chi connectivity index (χ2v) is 4.48. The number of hydrogen-bond donors (Lipinski definition) is 0. The Bertz CT molecular complexity index is 233. The summed E-state index contributed by atoms with van der Waals surface area (Å²) in [6.45, 7) is 2.22. The highest BCUT2D eigenvalue weighted by Crippen LogP contribution is 2.29. The highest BCUT2D eigenvalue weighted by atomic mass is 32.2. The molecule has 0 aliphatic carbocycles. The van der Waals surface area contributed by atoms with Gasteiger partial charge in [-0.25, -0.2) is 0 Å². The lowest BCUT2D eigenvalue weighted by Crippen LogP contribution is -1.79. The van der Waals surface area contributed by atoms with E-state index >= 15 is 0 Å². The summed E-state index contributed by atoms with van der Waals surface area (Å²) < 4.78 is 0. The van der Waals surface area contributed by atoms with Gasteiger partial charge in [-0.3, -0.25) is 0 Å². The second-order valence-electron chi connectivity index (χ2n) is 2.50. The Balaban J connectivity index is 2.68. The van der Waals surface area contributed by atoms with E-state index in [1.165, 1.54) is 22.0 Å². The van der Waals surface area contributed by atoms with Gasteiger partial charge >= 0.3 is 0 Å². The third kappa shape index (κ3) is 2.76. The zero-order valence-electron chi connectivity index (χ0n) is 7.54. The van der Waals surface area contributed by atoms with Gasteiger partial charge in [0.15, 0.2) is 0 Å². The molecule has 0 atom stereocenters. The van der Waals surface area contributed by atoms with Crippen molar-refractivity contribution < 1.29 is 0 Å². The highest BCUT2D eigenvalue weighted by molar-refractivity contribution is 8.02. The van der Waals surface area contributed by atoms with Gasteiger partial charge in [0.25, 0.3) is 0 Å². The molecule has 0 heterocycles. The zero-order valence-corrected chi connectivity index (χ0v) is 9.17. The van der Waals surface area contributed by atoms with Crippen LogP contribution in [0.5, 0.6) is 0 Å². The lowest BCUT2D eigenvalue weighted by Gasteiger charge is -2.04. The third-order valence-electron chi connectivity index (χ3n) is 1.53. The van der Waals surface area contributed by atoms with E-state index in [9.17, 15) is 0 Å². The van der Waals surface area contributed by atoms with Crippen LogP contribution in [0.3, 0.4) is 0 Å². The van der Waals surface area contributed by atoms with E-state index in [0.29, 0.717) is 0 Å². The molecule has 0 radical (unpaired) electrons. The van der Waals surface area contributed by atoms with Crippen molar-refractivity contribution in [3.05, 3.63) is 24.3 Å². The molecule has 0 aliphatic heterocycles. The van der Waals surface area contributed by atoms with Crippen LogP contribution >= 0.6 is 23.5 Å². The van der Waals surface area contributed by atoms with Crippen molar-refractivity contribution in [3.8, 4) is 0 Å². The van der Waals surface area contributed by atoms with Crippen LogP contribution in [0.2, 0.25) is 0 Å². The van der Waals surface area contributed by atoms with E-state index in [1.807, 2.05) is 23.5 Å². The van der Waals surface area contributed by atoms with Crippen LogP contribution in [0, 0.1) is 0 Å². The van der Waals surface area contributed by atoms with Crippen LogP contribution in [-0.2, 0) is 0 Å². The summed E-state index contributed by atoms with van der Waals surface area (Å²) in [5.41, 5.74) is 0. The molecule has 0 aromatic heterocycles. The lowest BCUT2D eigenvalue weighted by molar-refractivity contribution is 1.10. The van der Waals surface area contributed by atoms with Crippen molar-refractivity contribution >= 4 is 23.5 Å². The molecule has 0 unspecified atom stereocenters. The highest BCUT2D eigenvalue weighted by Gasteiger charge is 1.98. The Kier molecular flexibility index (Phi) is 4.62. The van der Waals surface area contributed by atoms with Crippen LogP contribution in [0.4, 0.5) is 0 Å². The molecule has 0 fully saturated rings. The first-order chi connectivity index (χ1) is 5.88. The molecule has 0 aliphatic rings. The SMILES string of the molecule is CCCSc1ccccc1SC. The minimum absolute atomic E-state index is 1.22. The molecule has 12 heavy (non-hydrogen) atoms. The van der Waals surface area contributed by atoms with E-state index in [-0.39, 0.29) is 0 Å². The molecule has 0 bridgehead atoms. The Morgan fingerprint density at radius 3 is 2.42 bits per heavy atom. The predicted octanol–water partition coefficient (Wildman–Crippen LogP) is 3.91. The minimum atomic E-state index is 1.22. The summed E-state index contributed by atoms with van der Waals surface area (Å²) in [5.74, 6) is 1.22. The number of benzene rings is 1. The molecule has 0 nitrogen and oxygen atoms in total. The van der Waals surface area contributed by atoms with E-state index in [4.69, 9.17) is 0 Å². The van der Waals surface area contributed by atoms with Gasteiger partial charge < -0.3 is 0 Å². The van der Waals surface area contributed by atoms with Gasteiger partial charge in [-0.2, -0.15) is 0 Å². The second kappa shape index (κ2) is 5.55. The zero-order chi connectivity index (χ0) is 8.81. The third-order valence-corrected chi connectivity index (χ3v) is 3.74. The average molecular weight is 198 g/mol. The Morgan fingerprint density at radius 1 is 1.17 bits per heavy atom. The van der Waals surface area contributed by atoms with E-state index < -0.39 is 0 Å². The molecule has 1 aromatic rings. The Labute approximate surface area is 83.1 Å². The molecule has 2 heteroatoms. The van der Waals surface area contributed by atoms with Gasteiger partial charge in [0.2, 0.25) is 0 Å². The Hall–Kier alpha value is -0.0800. The molecule has 0 saturated carbocycles. The molecular weight excluding hydrogens is 184 g/mol. The van der Waals surface area contributed by atoms with E-state index in [2.05, 4.69) is 37.4 Å². The molecule has 66 valence electrons. The molecule has 0 saturated heterocycles. The van der Waals surface area contributed by atoms with Gasteiger partial charge in [0.05, 0.1) is 0 Å². The first-order valence-electron chi connectivity index (χ1n) is 4.14. The first-order valence-corrected chi connectivity index (χ1v) is 6.35. The van der Waals surface area contributed by atoms with Gasteiger partial charge in [0, 0.05) is 9.79 Å². The maximum atomic E-state index is 2.22. The molecule has 0 spiro atoms. The van der Waals surface area contributed by atoms with Gasteiger partial charge in [-0.15, -0.1) is 23.5 Å². The summed E-state index contributed by atoms with van der Waals surface area (Å²) in [4.78, 5) is 2.82. The number of thioether (sulfide) groups is 2. The van der Waals surface area contributed by atoms with Crippen molar-refractivity contribution in [2.75, 3.05) is 12.0 Å². The van der Waals surface area contributed by atoms with Crippen molar-refractivity contribution in [3.63, 3.8) is 0 Å². The standard InChI is InChI=1S/C10H14S2/c1-3-8-12-10-7-5-4-6-9(10)11-2/h4-7H,3,8H2,1-2H3. The summed E-state index contributed by atoms with van der Waals surface area (Å²) >= 11 is 3.78. The number of rotatable bonds is 4. The van der Waals surface area contributed by atoms with Crippen molar-refractivity contribution in [1.82, 2.24) is 0 Å². The van der Waals surface area contributed by atoms with Crippen LogP contribution < -0.4 is 0 Å². The smallest absolute Gasteiger partial charge is 0.0208 e. The summed E-state index contributed by atoms with van der Waals surface area (Å²) in [5, 5.41) is 0. The summed E-state index contributed by atoms with van der Waals surface area (Å²) in [7, 11) is 0. The normalized spacial score (nSPS) is 10.2. The molecular formula is C10H14S2. The fraction of sp³-hybridized carbons (Fsp3) is 0.400. The maximum Gasteiger partial charge on any atom is 0.0208 e. The predicted molar refractivity (Wildman–Crippen MR) is 59.2 cm³/mol. The van der Waals surface area contributed by atoms with Gasteiger partial charge in [-0.05, 0) is 30.6 Å². The van der Waals surface area contributed by atoms with Gasteiger partial charge in [-0.1, -0.05) is 19.1 Å². The van der Waals surface area contributed by atoms with Crippen LogP contribution in [-0.4, -0.2) is 12.0 Å². The summed E-state index contributed by atoms with van der Waals surface area (Å²) in [6, 6.07) is 8.59. The van der Waals surface area contributed by atoms with E-state index in [0.717, 1.165) is 0 Å². The molecule has 0 amide bonds. The minimum Gasteiger partial charge on any atom is -0.128 e. The fourth-order valence-electron chi connectivity index (χ4n) is 0.950. The van der Waals surface area contributed by atoms with E-state index in [1.54, 1.807) is 0 Å². The van der Waals surface area contributed by atoms with Crippen molar-refractivity contribution in [2.24, 2.45) is 0 Å². The topological polar surface area (TPSA) is 0 Å². The maximum absolute atomic E-state index is 2.22. The Morgan fingerprint density at radius 2 is 1.83 bits per heavy atom. The fourth-order valence-corrected chi connectivity index (χ4v) is 2.67.